The van der Waals surface area contributed by atoms with Crippen LogP contribution >= 0.6 is 0 Å². The van der Waals surface area contributed by atoms with Gasteiger partial charge in [-0.3, -0.25) is 4.79 Å². The van der Waals surface area contributed by atoms with E-state index >= 15 is 0 Å². The van der Waals surface area contributed by atoms with Crippen molar-refractivity contribution in [2.24, 2.45) is 17.8 Å². The Bertz CT molecular complexity index is 474. The molecule has 1 aromatic carbocycles. The standard InChI is InChI=1S/C16H19NO/c1-11-2-5-13(6-3-11)16(18)17-10-15-9-12-4-7-14(15)8-12/h2-7,12,14-15H,8-10H2,1H3,(H,17,18)/t12-,14-,15+/m0/s1. The Kier molecular flexibility index (Phi) is 2.94. The van der Waals surface area contributed by atoms with Gasteiger partial charge in [-0.05, 0) is 49.7 Å². The van der Waals surface area contributed by atoms with E-state index in [0.717, 1.165) is 18.0 Å². The summed E-state index contributed by atoms with van der Waals surface area (Å²) in [6, 6.07) is 7.75. The van der Waals surface area contributed by atoms with Gasteiger partial charge in [0, 0.05) is 12.1 Å². The summed E-state index contributed by atoms with van der Waals surface area (Å²) in [6.45, 7) is 2.85. The van der Waals surface area contributed by atoms with Crippen LogP contribution in [0.4, 0.5) is 0 Å². The maximum absolute atomic E-state index is 12.0. The number of fused-ring (bicyclic) bond motifs is 2. The van der Waals surface area contributed by atoms with E-state index in [1.165, 1.54) is 18.4 Å². The number of aryl methyl sites for hydroxylation is 1. The molecule has 0 heterocycles. The van der Waals surface area contributed by atoms with Crippen molar-refractivity contribution in [1.29, 1.82) is 0 Å². The molecular formula is C16H19NO. The quantitative estimate of drug-likeness (QED) is 0.810. The number of amides is 1. The molecule has 1 saturated carbocycles. The molecule has 2 nitrogen and oxygen atoms in total. The molecule has 0 spiro atoms. The average Bonchev–Trinajstić information content (AvgIpc) is 2.99. The first-order valence-corrected chi connectivity index (χ1v) is 6.75. The molecule has 1 N–H and O–H groups in total. The second-order valence-corrected chi connectivity index (χ2v) is 5.62. The lowest BCUT2D eigenvalue weighted by Gasteiger charge is -2.18. The minimum atomic E-state index is 0.0572. The minimum Gasteiger partial charge on any atom is -0.352 e. The molecule has 0 aliphatic heterocycles. The van der Waals surface area contributed by atoms with Gasteiger partial charge >= 0.3 is 0 Å². The lowest BCUT2D eigenvalue weighted by molar-refractivity contribution is 0.0945. The summed E-state index contributed by atoms with van der Waals surface area (Å²) in [4.78, 5) is 12.0. The fraction of sp³-hybridized carbons (Fsp3) is 0.438. The third-order valence-corrected chi connectivity index (χ3v) is 4.25. The van der Waals surface area contributed by atoms with Gasteiger partial charge in [0.25, 0.3) is 5.91 Å². The second kappa shape index (κ2) is 4.60. The van der Waals surface area contributed by atoms with Gasteiger partial charge in [-0.25, -0.2) is 0 Å². The molecule has 2 bridgehead atoms. The van der Waals surface area contributed by atoms with Crippen LogP contribution in [0.2, 0.25) is 0 Å². The van der Waals surface area contributed by atoms with Crippen LogP contribution in [0.15, 0.2) is 36.4 Å². The van der Waals surface area contributed by atoms with Gasteiger partial charge < -0.3 is 5.32 Å². The number of hydrogen-bond acceptors (Lipinski definition) is 1. The SMILES string of the molecule is Cc1ccc(C(=O)NC[C@H]2C[C@H]3C=C[C@H]2C3)cc1. The van der Waals surface area contributed by atoms with Crippen LogP contribution in [0.3, 0.4) is 0 Å². The summed E-state index contributed by atoms with van der Waals surface area (Å²) in [7, 11) is 0. The topological polar surface area (TPSA) is 29.1 Å². The highest BCUT2D eigenvalue weighted by Crippen LogP contribution is 2.42. The molecule has 2 heteroatoms. The van der Waals surface area contributed by atoms with Crippen LogP contribution in [0.1, 0.15) is 28.8 Å². The zero-order valence-electron chi connectivity index (χ0n) is 10.7. The summed E-state index contributed by atoms with van der Waals surface area (Å²) in [5.41, 5.74) is 1.95. The Hall–Kier alpha value is -1.57. The summed E-state index contributed by atoms with van der Waals surface area (Å²) in [5, 5.41) is 3.07. The molecular weight excluding hydrogens is 222 g/mol. The fourth-order valence-electron chi connectivity index (χ4n) is 3.16. The Labute approximate surface area is 108 Å². The molecule has 18 heavy (non-hydrogen) atoms. The zero-order chi connectivity index (χ0) is 12.5. The highest BCUT2D eigenvalue weighted by Gasteiger charge is 2.35. The molecule has 1 aromatic rings. The number of carbonyl (C=O) groups is 1. The van der Waals surface area contributed by atoms with Gasteiger partial charge in [-0.2, -0.15) is 0 Å². The normalized spacial score (nSPS) is 28.6. The molecule has 0 saturated heterocycles. The van der Waals surface area contributed by atoms with Crippen LogP contribution < -0.4 is 5.32 Å². The first-order valence-electron chi connectivity index (χ1n) is 6.75. The van der Waals surface area contributed by atoms with E-state index < -0.39 is 0 Å². The van der Waals surface area contributed by atoms with Gasteiger partial charge in [-0.1, -0.05) is 29.8 Å². The first-order chi connectivity index (χ1) is 8.72. The van der Waals surface area contributed by atoms with Crippen molar-refractivity contribution < 1.29 is 4.79 Å². The Morgan fingerprint density at radius 2 is 2.00 bits per heavy atom. The maximum atomic E-state index is 12.0. The third kappa shape index (κ3) is 2.20. The van der Waals surface area contributed by atoms with E-state index in [0.29, 0.717) is 11.8 Å². The van der Waals surface area contributed by atoms with Gasteiger partial charge in [0.1, 0.15) is 0 Å². The highest BCUT2D eigenvalue weighted by molar-refractivity contribution is 5.94. The van der Waals surface area contributed by atoms with Gasteiger partial charge in [0.05, 0.1) is 0 Å². The van der Waals surface area contributed by atoms with Gasteiger partial charge in [-0.15, -0.1) is 0 Å². The second-order valence-electron chi connectivity index (χ2n) is 5.62. The highest BCUT2D eigenvalue weighted by atomic mass is 16.1. The number of rotatable bonds is 3. The van der Waals surface area contributed by atoms with Crippen molar-refractivity contribution in [3.05, 3.63) is 47.5 Å². The molecule has 1 amide bonds. The molecule has 0 radical (unpaired) electrons. The molecule has 2 aliphatic rings. The predicted octanol–water partition coefficient (Wildman–Crippen LogP) is 2.94. The van der Waals surface area contributed by atoms with E-state index in [4.69, 9.17) is 0 Å². The fourth-order valence-corrected chi connectivity index (χ4v) is 3.16. The van der Waals surface area contributed by atoms with Crippen LogP contribution in [-0.2, 0) is 0 Å². The van der Waals surface area contributed by atoms with E-state index in [9.17, 15) is 4.79 Å². The smallest absolute Gasteiger partial charge is 0.251 e. The molecule has 2 aliphatic carbocycles. The van der Waals surface area contributed by atoms with E-state index in [-0.39, 0.29) is 5.91 Å². The first kappa shape index (κ1) is 11.5. The maximum Gasteiger partial charge on any atom is 0.251 e. The lowest BCUT2D eigenvalue weighted by Crippen LogP contribution is -2.30. The molecule has 3 atom stereocenters. The summed E-state index contributed by atoms with van der Waals surface area (Å²) in [6.07, 6.45) is 7.21. The van der Waals surface area contributed by atoms with E-state index in [1.807, 2.05) is 31.2 Å². The van der Waals surface area contributed by atoms with Crippen molar-refractivity contribution in [1.82, 2.24) is 5.32 Å². The number of nitrogens with one attached hydrogen (secondary N) is 1. The Morgan fingerprint density at radius 3 is 2.61 bits per heavy atom. The van der Waals surface area contributed by atoms with Crippen LogP contribution in [0, 0.1) is 24.7 Å². The van der Waals surface area contributed by atoms with Crippen molar-refractivity contribution in [3.8, 4) is 0 Å². The summed E-state index contributed by atoms with van der Waals surface area (Å²) in [5.74, 6) is 2.18. The van der Waals surface area contributed by atoms with Crippen molar-refractivity contribution in [2.75, 3.05) is 6.54 Å². The number of carbonyl (C=O) groups excluding carboxylic acids is 1. The monoisotopic (exact) mass is 241 g/mol. The molecule has 0 aromatic heterocycles. The molecule has 3 rings (SSSR count). The zero-order valence-corrected chi connectivity index (χ0v) is 10.7. The van der Waals surface area contributed by atoms with Gasteiger partial charge in [0.15, 0.2) is 0 Å². The Balaban J connectivity index is 1.56. The molecule has 0 unspecified atom stereocenters. The number of allylic oxidation sites excluding steroid dienone is 2. The molecule has 1 fully saturated rings. The van der Waals surface area contributed by atoms with Crippen LogP contribution in [0.5, 0.6) is 0 Å². The van der Waals surface area contributed by atoms with Gasteiger partial charge in [0.2, 0.25) is 0 Å². The largest absolute Gasteiger partial charge is 0.352 e. The lowest BCUT2D eigenvalue weighted by atomic mass is 9.93. The van der Waals surface area contributed by atoms with E-state index in [1.54, 1.807) is 0 Å². The predicted molar refractivity (Wildman–Crippen MR) is 72.4 cm³/mol. The average molecular weight is 241 g/mol. The molecule has 94 valence electrons. The van der Waals surface area contributed by atoms with Crippen molar-refractivity contribution in [2.45, 2.75) is 19.8 Å². The minimum absolute atomic E-state index is 0.0572. The summed E-state index contributed by atoms with van der Waals surface area (Å²) < 4.78 is 0. The summed E-state index contributed by atoms with van der Waals surface area (Å²) >= 11 is 0. The van der Waals surface area contributed by atoms with Crippen LogP contribution in [-0.4, -0.2) is 12.5 Å². The number of benzene rings is 1. The van der Waals surface area contributed by atoms with Crippen LogP contribution in [0.25, 0.3) is 0 Å². The number of hydrogen-bond donors (Lipinski definition) is 1. The van der Waals surface area contributed by atoms with Crippen molar-refractivity contribution >= 4 is 5.91 Å². The third-order valence-electron chi connectivity index (χ3n) is 4.25. The Morgan fingerprint density at radius 1 is 1.22 bits per heavy atom. The van der Waals surface area contributed by atoms with Crippen molar-refractivity contribution in [3.63, 3.8) is 0 Å². The van der Waals surface area contributed by atoms with E-state index in [2.05, 4.69) is 17.5 Å².